The van der Waals surface area contributed by atoms with Gasteiger partial charge in [-0.25, -0.2) is 4.39 Å². The Hall–Kier alpha value is -2.58. The van der Waals surface area contributed by atoms with Gasteiger partial charge in [-0.15, -0.1) is 11.3 Å². The van der Waals surface area contributed by atoms with E-state index in [0.29, 0.717) is 5.82 Å². The number of benzene rings is 1. The van der Waals surface area contributed by atoms with E-state index in [1.807, 2.05) is 17.5 Å². The number of aliphatic hydroxyl groups is 1. The highest BCUT2D eigenvalue weighted by molar-refractivity contribution is 7.13. The molecule has 0 bridgehead atoms. The molecule has 23 heavy (non-hydrogen) atoms. The van der Waals surface area contributed by atoms with Crippen LogP contribution in [0.1, 0.15) is 22.3 Å². The normalized spacial score (nSPS) is 12.1. The maximum atomic E-state index is 12.9. The molecule has 0 aliphatic heterocycles. The van der Waals surface area contributed by atoms with Gasteiger partial charge in [-0.2, -0.15) is 4.98 Å². The van der Waals surface area contributed by atoms with Crippen LogP contribution in [0.2, 0.25) is 0 Å². The third-order valence-electron chi connectivity index (χ3n) is 3.08. The van der Waals surface area contributed by atoms with Gasteiger partial charge in [-0.05, 0) is 35.7 Å². The Morgan fingerprint density at radius 2 is 2.13 bits per heavy atom. The average Bonchev–Trinajstić information content (AvgIpc) is 3.24. The van der Waals surface area contributed by atoms with E-state index in [4.69, 9.17) is 4.52 Å². The largest absolute Gasteiger partial charge is 0.394 e. The number of amides is 1. The molecule has 1 amide bonds. The van der Waals surface area contributed by atoms with Gasteiger partial charge in [0.25, 0.3) is 11.8 Å². The van der Waals surface area contributed by atoms with Crippen molar-refractivity contribution in [3.63, 3.8) is 0 Å². The van der Waals surface area contributed by atoms with Gasteiger partial charge in [-0.1, -0.05) is 11.2 Å². The lowest BCUT2D eigenvalue weighted by Gasteiger charge is -2.12. The van der Waals surface area contributed by atoms with Gasteiger partial charge in [0.2, 0.25) is 5.82 Å². The molecule has 1 atom stereocenters. The molecule has 0 fully saturated rings. The first-order valence-electron chi connectivity index (χ1n) is 6.72. The summed E-state index contributed by atoms with van der Waals surface area (Å²) >= 11 is 1.45. The third kappa shape index (κ3) is 3.43. The number of carbonyl (C=O) groups is 1. The number of rotatable bonds is 5. The molecule has 0 aliphatic rings. The molecule has 8 heteroatoms. The van der Waals surface area contributed by atoms with Crippen LogP contribution >= 0.6 is 11.3 Å². The van der Waals surface area contributed by atoms with Crippen LogP contribution in [0.15, 0.2) is 46.3 Å². The smallest absolute Gasteiger partial charge is 0.251 e. The fourth-order valence-electron chi connectivity index (χ4n) is 1.91. The van der Waals surface area contributed by atoms with Crippen molar-refractivity contribution in [2.75, 3.05) is 6.61 Å². The molecule has 2 N–H and O–H groups in total. The molecule has 2 heterocycles. The molecule has 0 unspecified atom stereocenters. The molecular weight excluding hydrogens is 321 g/mol. The van der Waals surface area contributed by atoms with Crippen molar-refractivity contribution in [3.8, 4) is 10.7 Å². The maximum absolute atomic E-state index is 12.9. The molecule has 0 saturated carbocycles. The zero-order valence-electron chi connectivity index (χ0n) is 11.8. The fourth-order valence-corrected chi connectivity index (χ4v) is 2.56. The summed E-state index contributed by atoms with van der Waals surface area (Å²) < 4.78 is 18.0. The molecule has 0 spiro atoms. The summed E-state index contributed by atoms with van der Waals surface area (Å²) in [6.45, 7) is -0.404. The lowest BCUT2D eigenvalue weighted by molar-refractivity contribution is 0.0901. The Bertz CT molecular complexity index is 787. The minimum atomic E-state index is -0.839. The summed E-state index contributed by atoms with van der Waals surface area (Å²) in [7, 11) is 0. The minimum absolute atomic E-state index is 0.103. The van der Waals surface area contributed by atoms with Gasteiger partial charge in [0.05, 0.1) is 11.5 Å². The van der Waals surface area contributed by atoms with Crippen molar-refractivity contribution in [2.24, 2.45) is 0 Å². The van der Waals surface area contributed by atoms with E-state index in [1.54, 1.807) is 0 Å². The summed E-state index contributed by atoms with van der Waals surface area (Å²) in [5.41, 5.74) is 0.267. The van der Waals surface area contributed by atoms with Gasteiger partial charge in [0.15, 0.2) is 0 Å². The van der Waals surface area contributed by atoms with E-state index in [-0.39, 0.29) is 11.5 Å². The molecule has 6 nitrogen and oxygen atoms in total. The zero-order chi connectivity index (χ0) is 16.2. The number of nitrogens with zero attached hydrogens (tertiary/aromatic N) is 2. The molecule has 1 aromatic carbocycles. The summed E-state index contributed by atoms with van der Waals surface area (Å²) in [6, 6.07) is 7.93. The van der Waals surface area contributed by atoms with Crippen LogP contribution in [-0.4, -0.2) is 27.8 Å². The van der Waals surface area contributed by atoms with Crippen LogP contribution in [0.25, 0.3) is 10.7 Å². The number of hydrogen-bond acceptors (Lipinski definition) is 6. The molecule has 118 valence electrons. The van der Waals surface area contributed by atoms with Crippen molar-refractivity contribution in [2.45, 2.75) is 6.04 Å². The number of thiophene rings is 1. The van der Waals surface area contributed by atoms with E-state index in [1.165, 1.54) is 35.6 Å². The Balaban J connectivity index is 1.75. The predicted octanol–water partition coefficient (Wildman–Crippen LogP) is 2.40. The van der Waals surface area contributed by atoms with Crippen LogP contribution in [0.4, 0.5) is 4.39 Å². The van der Waals surface area contributed by atoms with Crippen molar-refractivity contribution in [3.05, 3.63) is 59.0 Å². The maximum Gasteiger partial charge on any atom is 0.251 e. The Morgan fingerprint density at radius 3 is 2.78 bits per heavy atom. The summed E-state index contributed by atoms with van der Waals surface area (Å²) in [5, 5.41) is 17.7. The second kappa shape index (κ2) is 6.67. The molecule has 2 aromatic heterocycles. The SMILES string of the molecule is O=C(N[C@@H](CO)c1nc(-c2cccs2)no1)c1ccc(F)cc1. The first-order chi connectivity index (χ1) is 11.2. The standard InChI is InChI=1S/C15H12FN3O3S/c16-10-5-3-9(4-6-10)14(21)17-11(8-20)15-18-13(19-22-15)12-2-1-7-23-12/h1-7,11,20H,8H2,(H,17,21)/t11-/m0/s1. The van der Waals surface area contributed by atoms with E-state index in [0.717, 1.165) is 4.88 Å². The van der Waals surface area contributed by atoms with E-state index in [9.17, 15) is 14.3 Å². The van der Waals surface area contributed by atoms with Crippen molar-refractivity contribution in [1.29, 1.82) is 0 Å². The second-order valence-corrected chi connectivity index (χ2v) is 5.60. The van der Waals surface area contributed by atoms with Crippen LogP contribution < -0.4 is 5.32 Å². The van der Waals surface area contributed by atoms with Crippen LogP contribution in [-0.2, 0) is 0 Å². The lowest BCUT2D eigenvalue weighted by atomic mass is 10.2. The third-order valence-corrected chi connectivity index (χ3v) is 3.94. The monoisotopic (exact) mass is 333 g/mol. The highest BCUT2D eigenvalue weighted by Gasteiger charge is 2.22. The molecular formula is C15H12FN3O3S. The lowest BCUT2D eigenvalue weighted by Crippen LogP contribution is -2.31. The van der Waals surface area contributed by atoms with Crippen LogP contribution in [0, 0.1) is 5.82 Å². The first-order valence-corrected chi connectivity index (χ1v) is 7.60. The van der Waals surface area contributed by atoms with Gasteiger partial charge < -0.3 is 14.9 Å². The van der Waals surface area contributed by atoms with Crippen molar-refractivity contribution >= 4 is 17.2 Å². The van der Waals surface area contributed by atoms with Gasteiger partial charge in [-0.3, -0.25) is 4.79 Å². The van der Waals surface area contributed by atoms with Gasteiger partial charge in [0, 0.05) is 5.56 Å². The van der Waals surface area contributed by atoms with Crippen molar-refractivity contribution in [1.82, 2.24) is 15.5 Å². The van der Waals surface area contributed by atoms with Crippen LogP contribution in [0.5, 0.6) is 0 Å². The molecule has 0 saturated heterocycles. The number of aliphatic hydroxyl groups excluding tert-OH is 1. The van der Waals surface area contributed by atoms with E-state index in [2.05, 4.69) is 15.5 Å². The topological polar surface area (TPSA) is 88.2 Å². The van der Waals surface area contributed by atoms with E-state index < -0.39 is 24.4 Å². The number of halogens is 1. The second-order valence-electron chi connectivity index (χ2n) is 4.65. The highest BCUT2D eigenvalue weighted by Crippen LogP contribution is 2.23. The Kier molecular flexibility index (Phi) is 4.45. The zero-order valence-corrected chi connectivity index (χ0v) is 12.6. The Labute approximate surface area is 134 Å². The van der Waals surface area contributed by atoms with Crippen molar-refractivity contribution < 1.29 is 18.8 Å². The molecule has 3 rings (SSSR count). The Morgan fingerprint density at radius 1 is 1.35 bits per heavy atom. The summed E-state index contributed by atoms with van der Waals surface area (Å²) in [5.74, 6) is -0.409. The average molecular weight is 333 g/mol. The first kappa shape index (κ1) is 15.3. The predicted molar refractivity (Wildman–Crippen MR) is 81.3 cm³/mol. The van der Waals surface area contributed by atoms with Gasteiger partial charge in [0.1, 0.15) is 11.9 Å². The fraction of sp³-hybridized carbons (Fsp3) is 0.133. The number of hydrogen-bond donors (Lipinski definition) is 2. The summed E-state index contributed by atoms with van der Waals surface area (Å²) in [4.78, 5) is 17.1. The van der Waals surface area contributed by atoms with Gasteiger partial charge >= 0.3 is 0 Å². The quantitative estimate of drug-likeness (QED) is 0.748. The number of nitrogens with one attached hydrogen (secondary N) is 1. The minimum Gasteiger partial charge on any atom is -0.394 e. The summed E-state index contributed by atoms with van der Waals surface area (Å²) in [6.07, 6.45) is 0. The molecule has 3 aromatic rings. The highest BCUT2D eigenvalue weighted by atomic mass is 32.1. The number of aromatic nitrogens is 2. The van der Waals surface area contributed by atoms with Crippen LogP contribution in [0.3, 0.4) is 0 Å². The van der Waals surface area contributed by atoms with E-state index >= 15 is 0 Å². The molecule has 0 aliphatic carbocycles. The molecule has 0 radical (unpaired) electrons. The number of carbonyl (C=O) groups excluding carboxylic acids is 1.